The van der Waals surface area contributed by atoms with Gasteiger partial charge in [0, 0.05) is 31.9 Å². The van der Waals surface area contributed by atoms with Gasteiger partial charge >= 0.3 is 6.03 Å². The molecule has 0 radical (unpaired) electrons. The molecule has 5 rings (SSSR count). The number of urea groups is 1. The van der Waals surface area contributed by atoms with Crippen molar-refractivity contribution < 1.29 is 18.0 Å². The molecule has 1 heterocycles. The fourth-order valence-corrected chi connectivity index (χ4v) is 6.59. The molecule has 3 aliphatic carbocycles. The van der Waals surface area contributed by atoms with E-state index in [1.807, 2.05) is 0 Å². The maximum atomic E-state index is 12.9. The molecule has 2 N–H and O–H groups in total. The summed E-state index contributed by atoms with van der Waals surface area (Å²) in [6.45, 7) is 0. The minimum atomic E-state index is -4.25. The van der Waals surface area contributed by atoms with Crippen molar-refractivity contribution in [3.63, 3.8) is 0 Å². The normalized spacial score (nSPS) is 17.5. The Morgan fingerprint density at radius 2 is 1.62 bits per heavy atom. The minimum absolute atomic E-state index is 0.153. The summed E-state index contributed by atoms with van der Waals surface area (Å²) < 4.78 is 29.2. The largest absolute Gasteiger partial charge is 0.337 e. The van der Waals surface area contributed by atoms with Crippen LogP contribution < -0.4 is 10.0 Å². The minimum Gasteiger partial charge on any atom is -0.337 e. The molecule has 3 amide bonds. The van der Waals surface area contributed by atoms with Crippen LogP contribution in [-0.2, 0) is 42.8 Å². The third-order valence-electron chi connectivity index (χ3n) is 7.48. The highest BCUT2D eigenvalue weighted by molar-refractivity contribution is 7.90. The van der Waals surface area contributed by atoms with Crippen molar-refractivity contribution in [3.8, 4) is 0 Å². The predicted molar refractivity (Wildman–Crippen MR) is 127 cm³/mol. The van der Waals surface area contributed by atoms with Crippen LogP contribution in [0.1, 0.15) is 71.3 Å². The average Bonchev–Trinajstić information content (AvgIpc) is 3.58. The van der Waals surface area contributed by atoms with Crippen LogP contribution in [-0.4, -0.2) is 48.1 Å². The highest BCUT2D eigenvalue weighted by atomic mass is 32.2. The van der Waals surface area contributed by atoms with Gasteiger partial charge in [-0.2, -0.15) is 13.5 Å². The quantitative estimate of drug-likeness (QED) is 0.676. The Bertz CT molecular complexity index is 1230. The number of aromatic nitrogens is 2. The van der Waals surface area contributed by atoms with Crippen molar-refractivity contribution in [2.24, 2.45) is 7.05 Å². The van der Waals surface area contributed by atoms with Crippen LogP contribution in [0.25, 0.3) is 0 Å². The van der Waals surface area contributed by atoms with Crippen molar-refractivity contribution in [1.29, 1.82) is 0 Å². The summed E-state index contributed by atoms with van der Waals surface area (Å²) in [5.41, 5.74) is 5.68. The second-order valence-electron chi connectivity index (χ2n) is 9.64. The summed E-state index contributed by atoms with van der Waals surface area (Å²) in [6.07, 6.45) is 9.85. The van der Waals surface area contributed by atoms with Gasteiger partial charge in [0.05, 0.1) is 0 Å². The van der Waals surface area contributed by atoms with Gasteiger partial charge in [-0.1, -0.05) is 18.9 Å². The number of carbonyl (C=O) groups is 2. The van der Waals surface area contributed by atoms with E-state index in [0.717, 1.165) is 81.0 Å². The standard InChI is InChI=1S/C24H31N5O4S/c1-28(17-9-3-4-10-17)23(30)20-14-21(26-29(20)2)34(32,33)27-24(31)25-22-18-11-5-7-15(18)13-16-8-6-12-19(16)22/h13-14,17H,3-12H2,1-2H3,(H2,25,27,31). The smallest absolute Gasteiger partial charge is 0.333 e. The van der Waals surface area contributed by atoms with Crippen molar-refractivity contribution in [3.05, 3.63) is 40.1 Å². The van der Waals surface area contributed by atoms with Crippen molar-refractivity contribution in [1.82, 2.24) is 19.4 Å². The Labute approximate surface area is 199 Å². The first-order valence-electron chi connectivity index (χ1n) is 12.1. The van der Waals surface area contributed by atoms with Crippen LogP contribution in [0.4, 0.5) is 10.5 Å². The Hall–Kier alpha value is -2.88. The number of anilines is 1. The predicted octanol–water partition coefficient (Wildman–Crippen LogP) is 2.92. The molecule has 0 bridgehead atoms. The van der Waals surface area contributed by atoms with Crippen molar-refractivity contribution >= 4 is 27.6 Å². The topological polar surface area (TPSA) is 113 Å². The van der Waals surface area contributed by atoms with Gasteiger partial charge in [-0.15, -0.1) is 0 Å². The number of hydrogen-bond donors (Lipinski definition) is 2. The fraction of sp³-hybridized carbons (Fsp3) is 0.542. The van der Waals surface area contributed by atoms with Crippen molar-refractivity contribution in [2.75, 3.05) is 12.4 Å². The van der Waals surface area contributed by atoms with E-state index in [1.165, 1.54) is 28.9 Å². The number of nitrogens with zero attached hydrogens (tertiary/aromatic N) is 3. The lowest BCUT2D eigenvalue weighted by molar-refractivity contribution is 0.0724. The van der Waals surface area contributed by atoms with E-state index < -0.39 is 16.1 Å². The van der Waals surface area contributed by atoms with Crippen LogP contribution in [0, 0.1) is 0 Å². The molecule has 10 heteroatoms. The van der Waals surface area contributed by atoms with E-state index in [2.05, 4.69) is 21.2 Å². The number of rotatable bonds is 5. The van der Waals surface area contributed by atoms with Crippen LogP contribution in [0.3, 0.4) is 0 Å². The van der Waals surface area contributed by atoms with Gasteiger partial charge in [0.25, 0.3) is 15.9 Å². The maximum Gasteiger partial charge on any atom is 0.333 e. The molecule has 182 valence electrons. The molecule has 3 aliphatic rings. The number of aryl methyl sites for hydroxylation is 3. The number of amides is 3. The second-order valence-corrected chi connectivity index (χ2v) is 11.3. The maximum absolute atomic E-state index is 12.9. The van der Waals surface area contributed by atoms with E-state index in [0.29, 0.717) is 0 Å². The van der Waals surface area contributed by atoms with Gasteiger partial charge in [-0.3, -0.25) is 9.48 Å². The molecule has 2 aromatic rings. The van der Waals surface area contributed by atoms with E-state index >= 15 is 0 Å². The average molecular weight is 486 g/mol. The molecule has 1 aromatic heterocycles. The number of carbonyl (C=O) groups excluding carboxylic acids is 2. The molecule has 0 spiro atoms. The van der Waals surface area contributed by atoms with Gasteiger partial charge in [0.15, 0.2) is 5.03 Å². The highest BCUT2D eigenvalue weighted by Crippen LogP contribution is 2.38. The fourth-order valence-electron chi connectivity index (χ4n) is 5.69. The number of sulfonamides is 1. The van der Waals surface area contributed by atoms with Crippen molar-refractivity contribution in [2.45, 2.75) is 75.3 Å². The van der Waals surface area contributed by atoms with E-state index in [1.54, 1.807) is 11.9 Å². The van der Waals surface area contributed by atoms with Crippen LogP contribution >= 0.6 is 0 Å². The third kappa shape index (κ3) is 4.08. The molecule has 9 nitrogen and oxygen atoms in total. The Morgan fingerprint density at radius 1 is 1.00 bits per heavy atom. The molecule has 0 unspecified atom stereocenters. The van der Waals surface area contributed by atoms with Gasteiger partial charge in [-0.25, -0.2) is 9.52 Å². The Kier molecular flexibility index (Phi) is 5.87. The monoisotopic (exact) mass is 485 g/mol. The van der Waals surface area contributed by atoms with Crippen LogP contribution in [0.5, 0.6) is 0 Å². The summed E-state index contributed by atoms with van der Waals surface area (Å²) >= 11 is 0. The molecular weight excluding hydrogens is 454 g/mol. The highest BCUT2D eigenvalue weighted by Gasteiger charge is 2.30. The third-order valence-corrected chi connectivity index (χ3v) is 8.69. The lowest BCUT2D eigenvalue weighted by atomic mass is 9.99. The zero-order valence-corrected chi connectivity index (χ0v) is 20.5. The molecule has 0 atom stereocenters. The molecule has 0 aliphatic heterocycles. The molecule has 34 heavy (non-hydrogen) atoms. The first-order chi connectivity index (χ1) is 16.2. The van der Waals surface area contributed by atoms with Crippen LogP contribution in [0.2, 0.25) is 0 Å². The zero-order valence-electron chi connectivity index (χ0n) is 19.7. The van der Waals surface area contributed by atoms with Crippen LogP contribution in [0.15, 0.2) is 17.2 Å². The number of benzene rings is 1. The summed E-state index contributed by atoms with van der Waals surface area (Å²) in [5, 5.41) is 6.51. The van der Waals surface area contributed by atoms with E-state index in [4.69, 9.17) is 0 Å². The van der Waals surface area contributed by atoms with E-state index in [9.17, 15) is 18.0 Å². The number of nitrogens with one attached hydrogen (secondary N) is 2. The van der Waals surface area contributed by atoms with E-state index in [-0.39, 0.29) is 22.7 Å². The molecule has 0 saturated heterocycles. The summed E-state index contributed by atoms with van der Waals surface area (Å²) in [7, 11) is -0.981. The SMILES string of the molecule is CN(C(=O)c1cc(S(=O)(=O)NC(=O)Nc2c3c(cc4c2CCC4)CCC3)nn1C)C1CCCC1. The van der Waals surface area contributed by atoms with Gasteiger partial charge < -0.3 is 10.2 Å². The first kappa shape index (κ1) is 22.9. The zero-order chi connectivity index (χ0) is 24.0. The molecule has 1 fully saturated rings. The summed E-state index contributed by atoms with van der Waals surface area (Å²) in [6, 6.07) is 2.83. The van der Waals surface area contributed by atoms with Gasteiger partial charge in [0.2, 0.25) is 0 Å². The number of fused-ring (bicyclic) bond motifs is 2. The first-order valence-corrected chi connectivity index (χ1v) is 13.5. The summed E-state index contributed by atoms with van der Waals surface area (Å²) in [4.78, 5) is 27.4. The molecule has 1 aromatic carbocycles. The van der Waals surface area contributed by atoms with Gasteiger partial charge in [0.1, 0.15) is 5.69 Å². The van der Waals surface area contributed by atoms with Gasteiger partial charge in [-0.05, 0) is 73.6 Å². The Morgan fingerprint density at radius 3 is 2.24 bits per heavy atom. The number of hydrogen-bond acceptors (Lipinski definition) is 5. The lowest BCUT2D eigenvalue weighted by Gasteiger charge is -2.24. The summed E-state index contributed by atoms with van der Waals surface area (Å²) in [5.74, 6) is -0.275. The Balaban J connectivity index is 1.34. The lowest BCUT2D eigenvalue weighted by Crippen LogP contribution is -2.36. The molecular formula is C24H31N5O4S. The molecule has 1 saturated carbocycles. The second kappa shape index (κ2) is 8.72.